The minimum atomic E-state index is -0.857. The zero-order valence-corrected chi connectivity index (χ0v) is 9.83. The van der Waals surface area contributed by atoms with Crippen molar-refractivity contribution >= 4 is 11.6 Å². The predicted molar refractivity (Wildman–Crippen MR) is 64.3 cm³/mol. The summed E-state index contributed by atoms with van der Waals surface area (Å²) in [5.41, 5.74) is 5.43. The Labute approximate surface area is 107 Å². The van der Waals surface area contributed by atoms with Crippen LogP contribution in [0.3, 0.4) is 0 Å². The second-order valence-corrected chi connectivity index (χ2v) is 3.65. The molecule has 2 aromatic rings. The number of halogens is 1. The molecule has 0 bridgehead atoms. The highest BCUT2D eigenvalue weighted by Gasteiger charge is 2.20. The quantitative estimate of drug-likeness (QED) is 0.673. The lowest BCUT2D eigenvalue weighted by Gasteiger charge is -2.07. The van der Waals surface area contributed by atoms with Crippen LogP contribution in [0.2, 0.25) is 0 Å². The molecule has 98 valence electrons. The zero-order valence-electron chi connectivity index (χ0n) is 9.83. The first-order chi connectivity index (χ1) is 8.97. The molecule has 0 unspecified atom stereocenters. The number of hydrogen-bond donors (Lipinski definition) is 1. The van der Waals surface area contributed by atoms with E-state index in [0.29, 0.717) is 5.69 Å². The number of hydrogen-bond acceptors (Lipinski definition) is 6. The van der Waals surface area contributed by atoms with Crippen LogP contribution in [0.4, 0.5) is 16.0 Å². The molecule has 0 aliphatic rings. The van der Waals surface area contributed by atoms with Crippen LogP contribution >= 0.6 is 0 Å². The number of nitrogens with zero attached hydrogens (tertiary/aromatic N) is 3. The Morgan fingerprint density at radius 2 is 2.16 bits per heavy atom. The van der Waals surface area contributed by atoms with Gasteiger partial charge in [0.25, 0.3) is 0 Å². The molecular formula is C11H9FN4O3. The van der Waals surface area contributed by atoms with Crippen LogP contribution in [0.15, 0.2) is 24.3 Å². The van der Waals surface area contributed by atoms with E-state index >= 15 is 0 Å². The molecule has 2 rings (SSSR count). The number of ether oxygens (including phenoxy) is 1. The van der Waals surface area contributed by atoms with Gasteiger partial charge in [0.2, 0.25) is 17.6 Å². The molecule has 8 heteroatoms. The van der Waals surface area contributed by atoms with Gasteiger partial charge >= 0.3 is 5.69 Å². The summed E-state index contributed by atoms with van der Waals surface area (Å²) in [7, 11) is 0. The van der Waals surface area contributed by atoms with Gasteiger partial charge in [-0.2, -0.15) is 4.98 Å². The summed E-state index contributed by atoms with van der Waals surface area (Å²) in [6, 6.07) is 4.81. The molecule has 7 nitrogen and oxygen atoms in total. The maximum absolute atomic E-state index is 13.6. The molecule has 0 aliphatic heterocycles. The van der Waals surface area contributed by atoms with E-state index in [0.717, 1.165) is 12.1 Å². The van der Waals surface area contributed by atoms with E-state index in [4.69, 9.17) is 10.5 Å². The Morgan fingerprint density at radius 3 is 2.79 bits per heavy atom. The minimum absolute atomic E-state index is 0.0572. The molecule has 2 N–H and O–H groups in total. The number of nitro groups is 1. The van der Waals surface area contributed by atoms with Gasteiger partial charge in [-0.3, -0.25) is 10.1 Å². The molecule has 0 saturated carbocycles. The largest absolute Gasteiger partial charge is 0.428 e. The monoisotopic (exact) mass is 264 g/mol. The second-order valence-electron chi connectivity index (χ2n) is 3.65. The van der Waals surface area contributed by atoms with Gasteiger partial charge in [-0.1, -0.05) is 6.07 Å². The van der Waals surface area contributed by atoms with Crippen molar-refractivity contribution in [2.45, 2.75) is 6.92 Å². The molecule has 0 saturated heterocycles. The van der Waals surface area contributed by atoms with Gasteiger partial charge in [-0.05, 0) is 13.0 Å². The number of nitro benzene ring substituents is 1. The molecule has 1 aromatic carbocycles. The van der Waals surface area contributed by atoms with Crippen molar-refractivity contribution in [3.05, 3.63) is 45.9 Å². The van der Waals surface area contributed by atoms with Gasteiger partial charge in [0.05, 0.1) is 4.92 Å². The fourth-order valence-electron chi connectivity index (χ4n) is 1.46. The van der Waals surface area contributed by atoms with Crippen LogP contribution in [-0.2, 0) is 0 Å². The van der Waals surface area contributed by atoms with Gasteiger partial charge in [0, 0.05) is 17.8 Å². The lowest BCUT2D eigenvalue weighted by molar-refractivity contribution is -0.385. The summed E-state index contributed by atoms with van der Waals surface area (Å²) in [5, 5.41) is 10.8. The number of rotatable bonds is 3. The molecule has 1 heterocycles. The summed E-state index contributed by atoms with van der Waals surface area (Å²) in [5.74, 6) is -1.48. The van der Waals surface area contributed by atoms with Crippen LogP contribution < -0.4 is 10.5 Å². The summed E-state index contributed by atoms with van der Waals surface area (Å²) >= 11 is 0. The van der Waals surface area contributed by atoms with Gasteiger partial charge < -0.3 is 10.5 Å². The van der Waals surface area contributed by atoms with E-state index in [9.17, 15) is 14.5 Å². The molecular weight excluding hydrogens is 255 g/mol. The van der Waals surface area contributed by atoms with E-state index < -0.39 is 22.2 Å². The van der Waals surface area contributed by atoms with Crippen molar-refractivity contribution < 1.29 is 14.1 Å². The number of para-hydroxylation sites is 1. The third kappa shape index (κ3) is 2.73. The Hall–Kier alpha value is -2.77. The minimum Gasteiger partial charge on any atom is -0.428 e. The topological polar surface area (TPSA) is 104 Å². The summed E-state index contributed by atoms with van der Waals surface area (Å²) < 4.78 is 18.7. The van der Waals surface area contributed by atoms with Crippen molar-refractivity contribution in [1.82, 2.24) is 9.97 Å². The molecule has 0 aliphatic carbocycles. The molecule has 0 radical (unpaired) electrons. The molecule has 0 atom stereocenters. The first kappa shape index (κ1) is 12.7. The summed E-state index contributed by atoms with van der Waals surface area (Å²) in [4.78, 5) is 17.6. The smallest absolute Gasteiger partial charge is 0.314 e. The molecule has 1 aromatic heterocycles. The number of benzene rings is 1. The summed E-state index contributed by atoms with van der Waals surface area (Å²) in [6.45, 7) is 1.64. The standard InChI is InChI=1S/C11H9FN4O3/c1-6-5-9(15-11(13)14-6)19-10-7(12)3-2-4-8(10)16(17)18/h2-5H,1H3,(H2,13,14,15). The third-order valence-corrected chi connectivity index (χ3v) is 2.20. The van der Waals surface area contributed by atoms with Crippen molar-refractivity contribution in [3.63, 3.8) is 0 Å². The van der Waals surface area contributed by atoms with E-state index in [1.807, 2.05) is 0 Å². The van der Waals surface area contributed by atoms with Crippen molar-refractivity contribution in [2.75, 3.05) is 5.73 Å². The van der Waals surface area contributed by atoms with Gasteiger partial charge in [-0.15, -0.1) is 0 Å². The van der Waals surface area contributed by atoms with Crippen LogP contribution in [-0.4, -0.2) is 14.9 Å². The predicted octanol–water partition coefficient (Wildman–Crippen LogP) is 2.21. The molecule has 0 amide bonds. The third-order valence-electron chi connectivity index (χ3n) is 2.20. The lowest BCUT2D eigenvalue weighted by atomic mass is 10.3. The van der Waals surface area contributed by atoms with Crippen LogP contribution in [0, 0.1) is 22.9 Å². The van der Waals surface area contributed by atoms with Crippen molar-refractivity contribution in [3.8, 4) is 11.6 Å². The van der Waals surface area contributed by atoms with Crippen molar-refractivity contribution in [1.29, 1.82) is 0 Å². The number of aromatic nitrogens is 2. The first-order valence-corrected chi connectivity index (χ1v) is 5.19. The van der Waals surface area contributed by atoms with E-state index in [1.54, 1.807) is 6.92 Å². The normalized spacial score (nSPS) is 10.2. The average Bonchev–Trinajstić information content (AvgIpc) is 2.30. The molecule has 0 fully saturated rings. The Balaban J connectivity index is 2.45. The highest BCUT2D eigenvalue weighted by atomic mass is 19.1. The Kier molecular flexibility index (Phi) is 3.23. The average molecular weight is 264 g/mol. The second kappa shape index (κ2) is 4.84. The van der Waals surface area contributed by atoms with E-state index in [-0.39, 0.29) is 11.8 Å². The Bertz CT molecular complexity index is 628. The fraction of sp³-hybridized carbons (Fsp3) is 0.0909. The van der Waals surface area contributed by atoms with Crippen LogP contribution in [0.1, 0.15) is 5.69 Å². The van der Waals surface area contributed by atoms with Gasteiger partial charge in [0.15, 0.2) is 5.82 Å². The van der Waals surface area contributed by atoms with E-state index in [2.05, 4.69) is 9.97 Å². The van der Waals surface area contributed by atoms with E-state index in [1.165, 1.54) is 12.1 Å². The maximum Gasteiger partial charge on any atom is 0.314 e. The fourth-order valence-corrected chi connectivity index (χ4v) is 1.46. The van der Waals surface area contributed by atoms with Gasteiger partial charge in [0.1, 0.15) is 0 Å². The molecule has 19 heavy (non-hydrogen) atoms. The number of anilines is 1. The lowest BCUT2D eigenvalue weighted by Crippen LogP contribution is -2.01. The number of nitrogens with two attached hydrogens (primary N) is 1. The van der Waals surface area contributed by atoms with Crippen LogP contribution in [0.5, 0.6) is 11.6 Å². The van der Waals surface area contributed by atoms with Crippen molar-refractivity contribution in [2.24, 2.45) is 0 Å². The first-order valence-electron chi connectivity index (χ1n) is 5.19. The zero-order chi connectivity index (χ0) is 14.0. The number of aryl methyl sites for hydroxylation is 1. The van der Waals surface area contributed by atoms with Gasteiger partial charge in [-0.25, -0.2) is 9.37 Å². The Morgan fingerprint density at radius 1 is 1.42 bits per heavy atom. The summed E-state index contributed by atoms with van der Waals surface area (Å²) in [6.07, 6.45) is 0. The highest BCUT2D eigenvalue weighted by molar-refractivity contribution is 5.48. The maximum atomic E-state index is 13.6. The highest BCUT2D eigenvalue weighted by Crippen LogP contribution is 2.33. The SMILES string of the molecule is Cc1cc(Oc2c(F)cccc2[N+](=O)[O-])nc(N)n1. The number of nitrogen functional groups attached to an aromatic ring is 1. The molecule has 0 spiro atoms. The van der Waals surface area contributed by atoms with Crippen LogP contribution in [0.25, 0.3) is 0 Å².